The van der Waals surface area contributed by atoms with Crippen LogP contribution in [0.3, 0.4) is 0 Å². The van der Waals surface area contributed by atoms with Crippen LogP contribution in [0.2, 0.25) is 0 Å². The molecule has 0 saturated heterocycles. The highest BCUT2D eigenvalue weighted by molar-refractivity contribution is 7.89. The molecule has 0 spiro atoms. The van der Waals surface area contributed by atoms with Crippen molar-refractivity contribution >= 4 is 28.3 Å². The summed E-state index contributed by atoms with van der Waals surface area (Å²) in [5.41, 5.74) is 6.34. The van der Waals surface area contributed by atoms with Crippen LogP contribution in [0.25, 0.3) is 0 Å². The van der Waals surface area contributed by atoms with Gasteiger partial charge in [0.1, 0.15) is 0 Å². The van der Waals surface area contributed by atoms with E-state index in [9.17, 15) is 13.2 Å². The SMILES string of the molecule is CC(C)N(C)S(=O)(=O)c1ccc(C(=O)NC2CCC(N)CC2)cc1.Cl. The van der Waals surface area contributed by atoms with Gasteiger partial charge in [-0.2, -0.15) is 4.31 Å². The Hall–Kier alpha value is -1.15. The van der Waals surface area contributed by atoms with Crippen molar-refractivity contribution in [2.75, 3.05) is 7.05 Å². The predicted octanol–water partition coefficient (Wildman–Crippen LogP) is 2.14. The molecule has 0 radical (unpaired) electrons. The number of carbonyl (C=O) groups excluding carboxylic acids is 1. The summed E-state index contributed by atoms with van der Waals surface area (Å²) in [4.78, 5) is 12.5. The maximum absolute atomic E-state index is 12.4. The van der Waals surface area contributed by atoms with Crippen molar-refractivity contribution < 1.29 is 13.2 Å². The molecule has 0 bridgehead atoms. The average molecular weight is 390 g/mol. The fourth-order valence-corrected chi connectivity index (χ4v) is 4.12. The van der Waals surface area contributed by atoms with Gasteiger partial charge in [0.25, 0.3) is 5.91 Å². The van der Waals surface area contributed by atoms with E-state index in [1.807, 2.05) is 13.8 Å². The molecular formula is C17H28ClN3O3S. The molecule has 1 saturated carbocycles. The summed E-state index contributed by atoms with van der Waals surface area (Å²) in [5, 5.41) is 3.00. The number of amides is 1. The van der Waals surface area contributed by atoms with Gasteiger partial charge < -0.3 is 11.1 Å². The number of nitrogens with one attached hydrogen (secondary N) is 1. The second-order valence-corrected chi connectivity index (χ2v) is 8.72. The van der Waals surface area contributed by atoms with Gasteiger partial charge in [0, 0.05) is 30.7 Å². The maximum Gasteiger partial charge on any atom is 0.251 e. The first kappa shape index (κ1) is 21.9. The number of nitrogens with zero attached hydrogens (tertiary/aromatic N) is 1. The van der Waals surface area contributed by atoms with Gasteiger partial charge in [-0.25, -0.2) is 8.42 Å². The third kappa shape index (κ3) is 5.41. The van der Waals surface area contributed by atoms with Crippen molar-refractivity contribution in [2.45, 2.75) is 62.6 Å². The zero-order valence-electron chi connectivity index (χ0n) is 14.9. The van der Waals surface area contributed by atoms with Gasteiger partial charge in [0.15, 0.2) is 0 Å². The van der Waals surface area contributed by atoms with Crippen LogP contribution in [-0.4, -0.2) is 43.8 Å². The second-order valence-electron chi connectivity index (χ2n) is 6.72. The van der Waals surface area contributed by atoms with E-state index in [1.54, 1.807) is 19.2 Å². The van der Waals surface area contributed by atoms with Gasteiger partial charge in [-0.15, -0.1) is 12.4 Å². The number of halogens is 1. The molecule has 0 heterocycles. The molecule has 3 N–H and O–H groups in total. The van der Waals surface area contributed by atoms with E-state index in [1.165, 1.54) is 16.4 Å². The van der Waals surface area contributed by atoms with E-state index < -0.39 is 10.0 Å². The van der Waals surface area contributed by atoms with Crippen LogP contribution < -0.4 is 11.1 Å². The van der Waals surface area contributed by atoms with E-state index in [0.29, 0.717) is 5.56 Å². The Morgan fingerprint density at radius 1 is 1.16 bits per heavy atom. The van der Waals surface area contributed by atoms with E-state index in [4.69, 9.17) is 5.73 Å². The van der Waals surface area contributed by atoms with Crippen molar-refractivity contribution in [1.82, 2.24) is 9.62 Å². The number of sulfonamides is 1. The zero-order chi connectivity index (χ0) is 17.9. The van der Waals surface area contributed by atoms with E-state index >= 15 is 0 Å². The second kappa shape index (κ2) is 8.98. The largest absolute Gasteiger partial charge is 0.349 e. The highest BCUT2D eigenvalue weighted by Crippen LogP contribution is 2.19. The van der Waals surface area contributed by atoms with Gasteiger partial charge in [-0.05, 0) is 63.8 Å². The molecule has 1 aliphatic carbocycles. The fraction of sp³-hybridized carbons (Fsp3) is 0.588. The molecule has 1 fully saturated rings. The first-order valence-corrected chi connectivity index (χ1v) is 9.80. The molecule has 1 aromatic carbocycles. The van der Waals surface area contributed by atoms with Crippen LogP contribution in [0.15, 0.2) is 29.2 Å². The smallest absolute Gasteiger partial charge is 0.251 e. The van der Waals surface area contributed by atoms with Gasteiger partial charge in [0.05, 0.1) is 4.90 Å². The fourth-order valence-electron chi connectivity index (χ4n) is 2.75. The third-order valence-corrected chi connectivity index (χ3v) is 6.68. The lowest BCUT2D eigenvalue weighted by Crippen LogP contribution is -2.40. The number of hydrogen-bond donors (Lipinski definition) is 2. The van der Waals surface area contributed by atoms with Crippen LogP contribution in [0, 0.1) is 0 Å². The molecule has 6 nitrogen and oxygen atoms in total. The molecule has 8 heteroatoms. The lowest BCUT2D eigenvalue weighted by Gasteiger charge is -2.26. The summed E-state index contributed by atoms with van der Waals surface area (Å²) in [7, 11) is -1.98. The average Bonchev–Trinajstić information content (AvgIpc) is 2.56. The van der Waals surface area contributed by atoms with Crippen molar-refractivity contribution in [3.63, 3.8) is 0 Å². The molecule has 1 aromatic rings. The van der Waals surface area contributed by atoms with Gasteiger partial charge in [0.2, 0.25) is 10.0 Å². The summed E-state index contributed by atoms with van der Waals surface area (Å²) in [5.74, 6) is -0.170. The normalized spacial score (nSPS) is 21.0. The minimum Gasteiger partial charge on any atom is -0.349 e. The summed E-state index contributed by atoms with van der Waals surface area (Å²) < 4.78 is 26.1. The molecule has 25 heavy (non-hydrogen) atoms. The number of hydrogen-bond acceptors (Lipinski definition) is 4. The van der Waals surface area contributed by atoms with E-state index in [-0.39, 0.29) is 41.3 Å². The predicted molar refractivity (Wildman–Crippen MR) is 101 cm³/mol. The summed E-state index contributed by atoms with van der Waals surface area (Å²) in [6.07, 6.45) is 3.62. The minimum absolute atomic E-state index is 0. The molecule has 0 atom stereocenters. The topological polar surface area (TPSA) is 92.5 Å². The third-order valence-electron chi connectivity index (χ3n) is 4.63. The van der Waals surface area contributed by atoms with Crippen molar-refractivity contribution in [1.29, 1.82) is 0 Å². The minimum atomic E-state index is -3.53. The number of rotatable bonds is 5. The first-order chi connectivity index (χ1) is 11.2. The summed E-state index contributed by atoms with van der Waals surface area (Å²) in [6.45, 7) is 3.63. The number of nitrogens with two attached hydrogens (primary N) is 1. The van der Waals surface area contributed by atoms with Gasteiger partial charge in [-0.3, -0.25) is 4.79 Å². The Morgan fingerprint density at radius 3 is 2.16 bits per heavy atom. The molecule has 0 aromatic heterocycles. The lowest BCUT2D eigenvalue weighted by atomic mass is 9.91. The Kier molecular flexibility index (Phi) is 7.87. The van der Waals surface area contributed by atoms with Gasteiger partial charge in [-0.1, -0.05) is 0 Å². The Balaban J connectivity index is 0.00000312. The van der Waals surface area contributed by atoms with E-state index in [2.05, 4.69) is 5.32 Å². The van der Waals surface area contributed by atoms with Crippen LogP contribution in [0.4, 0.5) is 0 Å². The number of carbonyl (C=O) groups is 1. The summed E-state index contributed by atoms with van der Waals surface area (Å²) >= 11 is 0. The quantitative estimate of drug-likeness (QED) is 0.806. The molecule has 142 valence electrons. The molecule has 0 unspecified atom stereocenters. The molecule has 1 aliphatic rings. The lowest BCUT2D eigenvalue weighted by molar-refractivity contribution is 0.0925. The molecule has 0 aliphatic heterocycles. The molecule has 1 amide bonds. The standard InChI is InChI=1S/C17H27N3O3S.ClH/c1-12(2)20(3)24(22,23)16-10-4-13(5-11-16)17(21)19-15-8-6-14(18)7-9-15;/h4-5,10-12,14-15H,6-9,18H2,1-3H3,(H,19,21);1H. The van der Waals surface area contributed by atoms with Gasteiger partial charge >= 0.3 is 0 Å². The van der Waals surface area contributed by atoms with Crippen LogP contribution >= 0.6 is 12.4 Å². The van der Waals surface area contributed by atoms with Crippen LogP contribution in [0.1, 0.15) is 49.9 Å². The number of benzene rings is 1. The summed E-state index contributed by atoms with van der Waals surface area (Å²) in [6, 6.07) is 6.35. The Morgan fingerprint density at radius 2 is 1.68 bits per heavy atom. The van der Waals surface area contributed by atoms with Crippen LogP contribution in [0.5, 0.6) is 0 Å². The monoisotopic (exact) mass is 389 g/mol. The molecular weight excluding hydrogens is 362 g/mol. The highest BCUT2D eigenvalue weighted by Gasteiger charge is 2.24. The van der Waals surface area contributed by atoms with Crippen molar-refractivity contribution in [3.05, 3.63) is 29.8 Å². The maximum atomic E-state index is 12.4. The first-order valence-electron chi connectivity index (χ1n) is 8.36. The molecule has 2 rings (SSSR count). The Bertz CT molecular complexity index is 669. The van der Waals surface area contributed by atoms with Crippen molar-refractivity contribution in [2.24, 2.45) is 5.73 Å². The zero-order valence-corrected chi connectivity index (χ0v) is 16.6. The van der Waals surface area contributed by atoms with E-state index in [0.717, 1.165) is 25.7 Å². The highest BCUT2D eigenvalue weighted by atomic mass is 35.5. The van der Waals surface area contributed by atoms with Crippen LogP contribution in [-0.2, 0) is 10.0 Å². The van der Waals surface area contributed by atoms with Crippen molar-refractivity contribution in [3.8, 4) is 0 Å². The Labute approximate surface area is 156 Å².